The quantitative estimate of drug-likeness (QED) is 0.614. The average molecular weight is 279 g/mol. The monoisotopic (exact) mass is 278 g/mol. The van der Waals surface area contributed by atoms with Crippen LogP contribution in [0.4, 0.5) is 4.39 Å². The van der Waals surface area contributed by atoms with Gasteiger partial charge in [0.15, 0.2) is 5.82 Å². The van der Waals surface area contributed by atoms with Crippen molar-refractivity contribution >= 4 is 33.8 Å². The van der Waals surface area contributed by atoms with Crippen molar-refractivity contribution in [2.24, 2.45) is 0 Å². The number of hydrogen-bond acceptors (Lipinski definition) is 3. The van der Waals surface area contributed by atoms with Gasteiger partial charge in [-0.25, -0.2) is 14.4 Å². The van der Waals surface area contributed by atoms with E-state index in [1.165, 1.54) is 17.4 Å². The van der Waals surface area contributed by atoms with Crippen LogP contribution in [0.1, 0.15) is 5.56 Å². The zero-order valence-electron chi connectivity index (χ0n) is 9.45. The van der Waals surface area contributed by atoms with Crippen molar-refractivity contribution < 1.29 is 4.39 Å². The second kappa shape index (κ2) is 4.30. The summed E-state index contributed by atoms with van der Waals surface area (Å²) in [7, 11) is 0. The molecule has 2 nitrogen and oxygen atoms in total. The number of benzene rings is 1. The fraction of sp³-hybridized carbons (Fsp3) is 0.0769. The van der Waals surface area contributed by atoms with E-state index < -0.39 is 5.82 Å². The lowest BCUT2D eigenvalue weighted by Crippen LogP contribution is -1.94. The van der Waals surface area contributed by atoms with Gasteiger partial charge in [-0.1, -0.05) is 23.7 Å². The Morgan fingerprint density at radius 2 is 2.06 bits per heavy atom. The van der Waals surface area contributed by atoms with E-state index in [9.17, 15) is 4.39 Å². The molecule has 0 N–H and O–H groups in total. The van der Waals surface area contributed by atoms with Crippen LogP contribution in [0.2, 0.25) is 5.15 Å². The first kappa shape index (κ1) is 11.6. The highest BCUT2D eigenvalue weighted by atomic mass is 35.5. The molecule has 0 radical (unpaired) electrons. The minimum atomic E-state index is -0.390. The van der Waals surface area contributed by atoms with Gasteiger partial charge in [0.2, 0.25) is 0 Å². The fourth-order valence-electron chi connectivity index (χ4n) is 1.81. The molecule has 3 aromatic rings. The number of hydrogen-bond donors (Lipinski definition) is 0. The van der Waals surface area contributed by atoms with Crippen molar-refractivity contribution in [3.05, 3.63) is 46.2 Å². The smallest absolute Gasteiger partial charge is 0.171 e. The molecule has 2 heterocycles. The van der Waals surface area contributed by atoms with E-state index in [-0.39, 0.29) is 10.5 Å². The van der Waals surface area contributed by atoms with Crippen LogP contribution in [0.3, 0.4) is 0 Å². The Hall–Kier alpha value is -1.52. The summed E-state index contributed by atoms with van der Waals surface area (Å²) in [4.78, 5) is 9.50. The highest BCUT2D eigenvalue weighted by molar-refractivity contribution is 7.13. The third kappa shape index (κ3) is 1.78. The standard InChI is InChI=1S/C13H8ClFN2S/c1-7-4-5-8(15)10-11(7)16-13(17-12(10)14)9-3-2-6-18-9/h2-6H,1H3. The lowest BCUT2D eigenvalue weighted by molar-refractivity contribution is 0.639. The second-order valence-electron chi connectivity index (χ2n) is 3.90. The summed E-state index contributed by atoms with van der Waals surface area (Å²) >= 11 is 7.60. The molecule has 0 fully saturated rings. The van der Waals surface area contributed by atoms with Crippen molar-refractivity contribution in [2.45, 2.75) is 6.92 Å². The number of fused-ring (bicyclic) bond motifs is 1. The van der Waals surface area contributed by atoms with E-state index in [2.05, 4.69) is 9.97 Å². The first-order chi connectivity index (χ1) is 8.66. The third-order valence-electron chi connectivity index (χ3n) is 2.70. The number of halogens is 2. The van der Waals surface area contributed by atoms with Gasteiger partial charge in [0, 0.05) is 0 Å². The molecule has 0 aliphatic carbocycles. The Kier molecular flexibility index (Phi) is 2.76. The minimum absolute atomic E-state index is 0.157. The summed E-state index contributed by atoms with van der Waals surface area (Å²) in [5, 5.41) is 2.39. The van der Waals surface area contributed by atoms with Gasteiger partial charge in [-0.2, -0.15) is 0 Å². The van der Waals surface area contributed by atoms with Crippen molar-refractivity contribution in [1.82, 2.24) is 9.97 Å². The van der Waals surface area contributed by atoms with Gasteiger partial charge < -0.3 is 0 Å². The van der Waals surface area contributed by atoms with E-state index in [0.717, 1.165) is 10.4 Å². The number of nitrogens with zero attached hydrogens (tertiary/aromatic N) is 2. The van der Waals surface area contributed by atoms with E-state index in [1.54, 1.807) is 6.07 Å². The van der Waals surface area contributed by atoms with E-state index in [1.807, 2.05) is 24.4 Å². The molecule has 0 unspecified atom stereocenters. The Labute approximate surface area is 112 Å². The van der Waals surface area contributed by atoms with Gasteiger partial charge >= 0.3 is 0 Å². The molecule has 90 valence electrons. The highest BCUT2D eigenvalue weighted by Gasteiger charge is 2.13. The lowest BCUT2D eigenvalue weighted by atomic mass is 10.1. The number of rotatable bonds is 1. The largest absolute Gasteiger partial charge is 0.227 e. The molecular formula is C13H8ClFN2S. The molecule has 18 heavy (non-hydrogen) atoms. The average Bonchev–Trinajstić information content (AvgIpc) is 2.87. The maximum absolute atomic E-state index is 13.7. The molecular weight excluding hydrogens is 271 g/mol. The molecule has 0 atom stereocenters. The molecule has 3 rings (SSSR count). The van der Waals surface area contributed by atoms with Crippen LogP contribution in [0, 0.1) is 12.7 Å². The zero-order valence-corrected chi connectivity index (χ0v) is 11.0. The predicted molar refractivity (Wildman–Crippen MR) is 72.6 cm³/mol. The van der Waals surface area contributed by atoms with Gasteiger partial charge in [-0.05, 0) is 30.0 Å². The van der Waals surface area contributed by atoms with Crippen LogP contribution in [-0.2, 0) is 0 Å². The molecule has 0 aliphatic heterocycles. The number of aryl methyl sites for hydroxylation is 1. The summed E-state index contributed by atoms with van der Waals surface area (Å²) in [6.07, 6.45) is 0. The van der Waals surface area contributed by atoms with Crippen molar-refractivity contribution in [2.75, 3.05) is 0 Å². The lowest BCUT2D eigenvalue weighted by Gasteiger charge is -2.06. The summed E-state index contributed by atoms with van der Waals surface area (Å²) in [5.41, 5.74) is 1.45. The molecule has 0 spiro atoms. The van der Waals surface area contributed by atoms with Crippen molar-refractivity contribution in [3.8, 4) is 10.7 Å². The van der Waals surface area contributed by atoms with E-state index in [0.29, 0.717) is 11.3 Å². The normalized spacial score (nSPS) is 11.1. The molecule has 0 aliphatic rings. The van der Waals surface area contributed by atoms with Gasteiger partial charge in [-0.3, -0.25) is 0 Å². The first-order valence-corrected chi connectivity index (χ1v) is 6.59. The first-order valence-electron chi connectivity index (χ1n) is 5.33. The predicted octanol–water partition coefficient (Wildman–Crippen LogP) is 4.46. The van der Waals surface area contributed by atoms with Crippen LogP contribution in [-0.4, -0.2) is 9.97 Å². The molecule has 0 saturated heterocycles. The summed E-state index contributed by atoms with van der Waals surface area (Å²) in [6, 6.07) is 6.91. The summed E-state index contributed by atoms with van der Waals surface area (Å²) in [5.74, 6) is 0.148. The topological polar surface area (TPSA) is 25.8 Å². The Balaban J connectivity index is 2.37. The maximum atomic E-state index is 13.7. The van der Waals surface area contributed by atoms with Crippen LogP contribution >= 0.6 is 22.9 Å². The highest BCUT2D eigenvalue weighted by Crippen LogP contribution is 2.30. The van der Waals surface area contributed by atoms with Crippen LogP contribution in [0.25, 0.3) is 21.6 Å². The second-order valence-corrected chi connectivity index (χ2v) is 5.21. The van der Waals surface area contributed by atoms with Gasteiger partial charge in [0.25, 0.3) is 0 Å². The number of aromatic nitrogens is 2. The van der Waals surface area contributed by atoms with Crippen molar-refractivity contribution in [3.63, 3.8) is 0 Å². The molecule has 1 aromatic carbocycles. The zero-order chi connectivity index (χ0) is 12.7. The SMILES string of the molecule is Cc1ccc(F)c2c(Cl)nc(-c3cccs3)nc12. The van der Waals surface area contributed by atoms with Gasteiger partial charge in [-0.15, -0.1) is 11.3 Å². The maximum Gasteiger partial charge on any atom is 0.171 e. The number of thiophene rings is 1. The summed E-state index contributed by atoms with van der Waals surface area (Å²) < 4.78 is 13.7. The van der Waals surface area contributed by atoms with E-state index >= 15 is 0 Å². The minimum Gasteiger partial charge on any atom is -0.227 e. The van der Waals surface area contributed by atoms with Crippen LogP contribution in [0.15, 0.2) is 29.6 Å². The Bertz CT molecular complexity index is 725. The molecule has 5 heteroatoms. The fourth-order valence-corrected chi connectivity index (χ4v) is 2.72. The van der Waals surface area contributed by atoms with Crippen LogP contribution in [0.5, 0.6) is 0 Å². The van der Waals surface area contributed by atoms with Gasteiger partial charge in [0.1, 0.15) is 11.0 Å². The Morgan fingerprint density at radius 3 is 2.78 bits per heavy atom. The molecule has 0 saturated carbocycles. The van der Waals surface area contributed by atoms with Crippen molar-refractivity contribution in [1.29, 1.82) is 0 Å². The summed E-state index contributed by atoms with van der Waals surface area (Å²) in [6.45, 7) is 1.88. The van der Waals surface area contributed by atoms with E-state index in [4.69, 9.17) is 11.6 Å². The molecule has 0 bridgehead atoms. The molecule has 0 amide bonds. The third-order valence-corrected chi connectivity index (χ3v) is 3.84. The van der Waals surface area contributed by atoms with Crippen LogP contribution < -0.4 is 0 Å². The Morgan fingerprint density at radius 1 is 1.22 bits per heavy atom. The molecule has 2 aromatic heterocycles. The van der Waals surface area contributed by atoms with Gasteiger partial charge in [0.05, 0.1) is 15.8 Å².